The van der Waals surface area contributed by atoms with Crippen LogP contribution < -0.4 is 9.47 Å². The third kappa shape index (κ3) is 6.22. The predicted molar refractivity (Wildman–Crippen MR) is 138 cm³/mol. The highest BCUT2D eigenvalue weighted by atomic mass is 16.7. The first-order chi connectivity index (χ1) is 17.0. The number of aliphatic hydroxyl groups is 1. The molecule has 186 valence electrons. The van der Waals surface area contributed by atoms with Gasteiger partial charge in [-0.2, -0.15) is 0 Å². The lowest BCUT2D eigenvalue weighted by Crippen LogP contribution is -2.20. The summed E-state index contributed by atoms with van der Waals surface area (Å²) in [6, 6.07) is 16.4. The van der Waals surface area contributed by atoms with E-state index in [1.165, 1.54) is 16.7 Å². The van der Waals surface area contributed by atoms with Gasteiger partial charge < -0.3 is 19.3 Å². The summed E-state index contributed by atoms with van der Waals surface area (Å²) in [6.45, 7) is 7.18. The smallest absolute Gasteiger partial charge is 0.188 e. The molecule has 0 bridgehead atoms. The second-order valence-corrected chi connectivity index (χ2v) is 9.63. The maximum Gasteiger partial charge on any atom is 0.188 e. The van der Waals surface area contributed by atoms with Crippen molar-refractivity contribution in [1.29, 1.82) is 0 Å². The molecule has 1 N–H and O–H groups in total. The van der Waals surface area contributed by atoms with Gasteiger partial charge in [-0.25, -0.2) is 0 Å². The zero-order valence-electron chi connectivity index (χ0n) is 21.3. The SMILES string of the molecule is COCOc1ccc(Cc2c(C)cc(OCc3ccccc3)c(C)c2C)nc1C1CCCC(O)C1. The Balaban J connectivity index is 1.58. The molecule has 4 rings (SSSR count). The molecule has 0 aliphatic heterocycles. The highest BCUT2D eigenvalue weighted by Gasteiger charge is 2.26. The molecule has 0 amide bonds. The number of hydrogen-bond donors (Lipinski definition) is 1. The minimum absolute atomic E-state index is 0.186. The van der Waals surface area contributed by atoms with Crippen LogP contribution in [0.5, 0.6) is 11.5 Å². The third-order valence-electron chi connectivity index (χ3n) is 7.11. The molecule has 1 aromatic heterocycles. The van der Waals surface area contributed by atoms with Crippen molar-refractivity contribution >= 4 is 0 Å². The van der Waals surface area contributed by atoms with E-state index in [-0.39, 0.29) is 18.8 Å². The lowest BCUT2D eigenvalue weighted by atomic mass is 9.84. The molecule has 3 aromatic rings. The lowest BCUT2D eigenvalue weighted by Gasteiger charge is -2.27. The lowest BCUT2D eigenvalue weighted by molar-refractivity contribution is 0.0488. The molecule has 0 saturated heterocycles. The Morgan fingerprint density at radius 2 is 1.74 bits per heavy atom. The molecular formula is C30H37NO4. The summed E-state index contributed by atoms with van der Waals surface area (Å²) in [4.78, 5) is 5.07. The van der Waals surface area contributed by atoms with Crippen molar-refractivity contribution in [2.75, 3.05) is 13.9 Å². The quantitative estimate of drug-likeness (QED) is 0.375. The molecule has 0 spiro atoms. The summed E-state index contributed by atoms with van der Waals surface area (Å²) in [5, 5.41) is 10.3. The molecule has 5 nitrogen and oxygen atoms in total. The van der Waals surface area contributed by atoms with Gasteiger partial charge in [0, 0.05) is 25.1 Å². The molecule has 1 fully saturated rings. The van der Waals surface area contributed by atoms with Crippen LogP contribution in [-0.4, -0.2) is 30.1 Å². The van der Waals surface area contributed by atoms with Crippen molar-refractivity contribution in [2.45, 2.75) is 71.5 Å². The molecule has 1 saturated carbocycles. The first-order valence-electron chi connectivity index (χ1n) is 12.5. The number of hydrogen-bond acceptors (Lipinski definition) is 5. The van der Waals surface area contributed by atoms with Crippen LogP contribution in [0.15, 0.2) is 48.5 Å². The fraction of sp³-hybridized carbons (Fsp3) is 0.433. The van der Waals surface area contributed by atoms with Crippen LogP contribution in [0.3, 0.4) is 0 Å². The van der Waals surface area contributed by atoms with Crippen LogP contribution in [0.4, 0.5) is 0 Å². The monoisotopic (exact) mass is 475 g/mol. The Morgan fingerprint density at radius 3 is 2.49 bits per heavy atom. The Morgan fingerprint density at radius 1 is 0.943 bits per heavy atom. The van der Waals surface area contributed by atoms with E-state index in [1.807, 2.05) is 30.3 Å². The molecule has 1 aliphatic rings. The minimum Gasteiger partial charge on any atom is -0.489 e. The number of aliphatic hydroxyl groups excluding tert-OH is 1. The number of rotatable bonds is 9. The zero-order valence-corrected chi connectivity index (χ0v) is 21.3. The maximum atomic E-state index is 10.3. The van der Waals surface area contributed by atoms with Crippen LogP contribution in [-0.2, 0) is 17.8 Å². The number of aromatic nitrogens is 1. The van der Waals surface area contributed by atoms with Gasteiger partial charge in [-0.15, -0.1) is 0 Å². The maximum absolute atomic E-state index is 10.3. The molecule has 1 heterocycles. The van der Waals surface area contributed by atoms with Crippen LogP contribution in [0.2, 0.25) is 0 Å². The van der Waals surface area contributed by atoms with Gasteiger partial charge >= 0.3 is 0 Å². The average molecular weight is 476 g/mol. The summed E-state index contributed by atoms with van der Waals surface area (Å²) in [5.74, 6) is 1.88. The highest BCUT2D eigenvalue weighted by Crippen LogP contribution is 2.37. The van der Waals surface area contributed by atoms with E-state index in [1.54, 1.807) is 7.11 Å². The number of ether oxygens (including phenoxy) is 3. The van der Waals surface area contributed by atoms with Crippen molar-refractivity contribution in [3.8, 4) is 11.5 Å². The molecule has 35 heavy (non-hydrogen) atoms. The van der Waals surface area contributed by atoms with Gasteiger partial charge in [-0.05, 0) is 86.1 Å². The first kappa shape index (κ1) is 25.2. The number of aryl methyl sites for hydroxylation is 1. The number of methoxy groups -OCH3 is 1. The normalized spacial score (nSPS) is 17.9. The summed E-state index contributed by atoms with van der Waals surface area (Å²) >= 11 is 0. The Labute approximate surface area is 209 Å². The molecule has 2 aromatic carbocycles. The van der Waals surface area contributed by atoms with Crippen molar-refractivity contribution in [1.82, 2.24) is 4.98 Å². The second kappa shape index (κ2) is 11.7. The highest BCUT2D eigenvalue weighted by molar-refractivity contribution is 5.49. The third-order valence-corrected chi connectivity index (χ3v) is 7.11. The largest absolute Gasteiger partial charge is 0.489 e. The van der Waals surface area contributed by atoms with Gasteiger partial charge in [0.15, 0.2) is 6.79 Å². The second-order valence-electron chi connectivity index (χ2n) is 9.63. The van der Waals surface area contributed by atoms with E-state index in [9.17, 15) is 5.11 Å². The Kier molecular flexibility index (Phi) is 8.42. The molecule has 5 heteroatoms. The van der Waals surface area contributed by atoms with Crippen LogP contribution in [0.1, 0.15) is 70.8 Å². The van der Waals surface area contributed by atoms with E-state index in [2.05, 4.69) is 39.0 Å². The van der Waals surface area contributed by atoms with Crippen molar-refractivity contribution in [2.24, 2.45) is 0 Å². The zero-order chi connectivity index (χ0) is 24.8. The fourth-order valence-electron chi connectivity index (χ4n) is 4.99. The summed E-state index contributed by atoms with van der Waals surface area (Å²) in [7, 11) is 1.62. The minimum atomic E-state index is -0.273. The molecule has 0 radical (unpaired) electrons. The standard InChI is InChI=1S/C30H37NO4/c1-20-15-29(34-18-23-9-6-5-7-10-23)22(3)21(2)27(20)17-25-13-14-28(35-19-33-4)30(31-25)24-11-8-12-26(32)16-24/h5-7,9-10,13-15,24,26,32H,8,11-12,16-19H2,1-4H3. The molecule has 2 atom stereocenters. The van der Waals surface area contributed by atoms with Crippen molar-refractivity contribution in [3.63, 3.8) is 0 Å². The van der Waals surface area contributed by atoms with Crippen LogP contribution >= 0.6 is 0 Å². The van der Waals surface area contributed by atoms with E-state index in [4.69, 9.17) is 19.2 Å². The topological polar surface area (TPSA) is 60.8 Å². The summed E-state index contributed by atoms with van der Waals surface area (Å²) in [5.41, 5.74) is 7.99. The number of pyridine rings is 1. The van der Waals surface area contributed by atoms with Crippen molar-refractivity contribution in [3.05, 3.63) is 87.7 Å². The van der Waals surface area contributed by atoms with Gasteiger partial charge in [-0.3, -0.25) is 4.98 Å². The fourth-order valence-corrected chi connectivity index (χ4v) is 4.99. The van der Waals surface area contributed by atoms with Crippen molar-refractivity contribution < 1.29 is 19.3 Å². The van der Waals surface area contributed by atoms with E-state index >= 15 is 0 Å². The summed E-state index contributed by atoms with van der Waals surface area (Å²) < 4.78 is 17.2. The van der Waals surface area contributed by atoms with Gasteiger partial charge in [0.1, 0.15) is 18.1 Å². The van der Waals surface area contributed by atoms with E-state index in [0.29, 0.717) is 6.61 Å². The van der Waals surface area contributed by atoms with E-state index in [0.717, 1.165) is 66.1 Å². The van der Waals surface area contributed by atoms with E-state index < -0.39 is 0 Å². The summed E-state index contributed by atoms with van der Waals surface area (Å²) in [6.07, 6.45) is 4.07. The Hall–Kier alpha value is -2.89. The van der Waals surface area contributed by atoms with Gasteiger partial charge in [0.2, 0.25) is 0 Å². The van der Waals surface area contributed by atoms with Gasteiger partial charge in [0.25, 0.3) is 0 Å². The number of benzene rings is 2. The first-order valence-corrected chi connectivity index (χ1v) is 12.5. The van der Waals surface area contributed by atoms with Crippen LogP contribution in [0.25, 0.3) is 0 Å². The van der Waals surface area contributed by atoms with Crippen LogP contribution in [0, 0.1) is 20.8 Å². The van der Waals surface area contributed by atoms with Gasteiger partial charge in [-0.1, -0.05) is 36.8 Å². The Bertz CT molecular complexity index is 1130. The molecular weight excluding hydrogens is 438 g/mol. The predicted octanol–water partition coefficient (Wildman–Crippen LogP) is 6.18. The average Bonchev–Trinajstić information content (AvgIpc) is 2.87. The number of nitrogens with zero attached hydrogens (tertiary/aromatic N) is 1. The van der Waals surface area contributed by atoms with Gasteiger partial charge in [0.05, 0.1) is 11.8 Å². The molecule has 2 unspecified atom stereocenters. The molecule has 1 aliphatic carbocycles.